The molecule has 1 aliphatic rings. The Morgan fingerprint density at radius 3 is 3.06 bits per heavy atom. The molecule has 5 nitrogen and oxygen atoms in total. The minimum Gasteiger partial charge on any atom is -0.488 e. The second kappa shape index (κ2) is 4.18. The third-order valence-corrected chi connectivity index (χ3v) is 3.03. The second-order valence-corrected chi connectivity index (χ2v) is 4.26. The first-order valence-corrected chi connectivity index (χ1v) is 5.73. The van der Waals surface area contributed by atoms with Gasteiger partial charge in [-0.05, 0) is 17.7 Å². The molecule has 0 fully saturated rings. The Hall–Kier alpha value is -2.30. The van der Waals surface area contributed by atoms with Crippen LogP contribution >= 0.6 is 0 Å². The van der Waals surface area contributed by atoms with Crippen molar-refractivity contribution < 1.29 is 14.6 Å². The van der Waals surface area contributed by atoms with Gasteiger partial charge in [-0.3, -0.25) is 4.68 Å². The van der Waals surface area contributed by atoms with E-state index in [9.17, 15) is 4.79 Å². The van der Waals surface area contributed by atoms with Crippen LogP contribution in [-0.4, -0.2) is 27.0 Å². The Kier molecular flexibility index (Phi) is 2.51. The average Bonchev–Trinajstić information content (AvgIpc) is 2.94. The molecular formula is C13H12N2O3. The van der Waals surface area contributed by atoms with E-state index in [-0.39, 0.29) is 11.8 Å². The number of fused-ring (bicyclic) bond motifs is 1. The number of ether oxygens (including phenoxy) is 1. The average molecular weight is 244 g/mol. The quantitative estimate of drug-likeness (QED) is 0.890. The van der Waals surface area contributed by atoms with Crippen molar-refractivity contribution in [2.75, 3.05) is 0 Å². The minimum absolute atomic E-state index is 0.0552. The Labute approximate surface area is 104 Å². The maximum atomic E-state index is 11.0. The summed E-state index contributed by atoms with van der Waals surface area (Å²) in [6.45, 7) is 0.448. The molecule has 0 amide bonds. The van der Waals surface area contributed by atoms with Crippen molar-refractivity contribution in [2.45, 2.75) is 19.1 Å². The van der Waals surface area contributed by atoms with Crippen LogP contribution in [-0.2, 0) is 13.0 Å². The summed E-state index contributed by atoms with van der Waals surface area (Å²) in [6, 6.07) is 9.34. The second-order valence-electron chi connectivity index (χ2n) is 4.26. The zero-order valence-electron chi connectivity index (χ0n) is 9.61. The van der Waals surface area contributed by atoms with Crippen molar-refractivity contribution in [3.05, 3.63) is 47.8 Å². The number of nitrogens with zero attached hydrogens (tertiary/aromatic N) is 2. The zero-order chi connectivity index (χ0) is 12.5. The molecule has 2 heterocycles. The predicted octanol–water partition coefficient (Wildman–Crippen LogP) is 1.58. The third kappa shape index (κ3) is 1.84. The summed E-state index contributed by atoms with van der Waals surface area (Å²) in [4.78, 5) is 11.0. The van der Waals surface area contributed by atoms with E-state index >= 15 is 0 Å². The number of carbonyl (C=O) groups is 1. The summed E-state index contributed by atoms with van der Waals surface area (Å²) in [6.07, 6.45) is 2.22. The van der Waals surface area contributed by atoms with Crippen LogP contribution in [0.1, 0.15) is 16.1 Å². The molecule has 0 bridgehead atoms. The van der Waals surface area contributed by atoms with E-state index in [0.717, 1.165) is 17.7 Å². The lowest BCUT2D eigenvalue weighted by Crippen LogP contribution is -2.24. The lowest BCUT2D eigenvalue weighted by atomic mass is 10.1. The molecule has 3 rings (SSSR count). The minimum atomic E-state index is -0.969. The van der Waals surface area contributed by atoms with Crippen molar-refractivity contribution >= 4 is 5.97 Å². The Balaban J connectivity index is 1.76. The van der Waals surface area contributed by atoms with E-state index in [1.165, 1.54) is 16.9 Å². The molecule has 92 valence electrons. The van der Waals surface area contributed by atoms with E-state index < -0.39 is 5.97 Å². The molecule has 2 aromatic rings. The van der Waals surface area contributed by atoms with E-state index in [4.69, 9.17) is 9.84 Å². The highest BCUT2D eigenvalue weighted by Crippen LogP contribution is 2.28. The molecule has 1 aromatic carbocycles. The number of para-hydroxylation sites is 1. The van der Waals surface area contributed by atoms with Crippen LogP contribution < -0.4 is 4.74 Å². The number of benzene rings is 1. The zero-order valence-corrected chi connectivity index (χ0v) is 9.61. The van der Waals surface area contributed by atoms with Gasteiger partial charge >= 0.3 is 5.97 Å². The molecule has 1 aromatic heterocycles. The van der Waals surface area contributed by atoms with E-state index in [2.05, 4.69) is 5.10 Å². The molecular weight excluding hydrogens is 232 g/mol. The van der Waals surface area contributed by atoms with Crippen LogP contribution in [0.25, 0.3) is 0 Å². The SMILES string of the molecule is O=C(O)c1ccnn1CC1Cc2ccccc2O1. The summed E-state index contributed by atoms with van der Waals surface area (Å²) >= 11 is 0. The third-order valence-electron chi connectivity index (χ3n) is 3.03. The number of hydrogen-bond acceptors (Lipinski definition) is 3. The van der Waals surface area contributed by atoms with Gasteiger partial charge < -0.3 is 9.84 Å². The van der Waals surface area contributed by atoms with Gasteiger partial charge in [-0.25, -0.2) is 4.79 Å². The van der Waals surface area contributed by atoms with Gasteiger partial charge in [0.1, 0.15) is 17.5 Å². The van der Waals surface area contributed by atoms with Gasteiger partial charge in [0, 0.05) is 12.6 Å². The van der Waals surface area contributed by atoms with Crippen molar-refractivity contribution in [3.63, 3.8) is 0 Å². The van der Waals surface area contributed by atoms with Crippen molar-refractivity contribution in [2.24, 2.45) is 0 Å². The van der Waals surface area contributed by atoms with Crippen LogP contribution in [0.15, 0.2) is 36.5 Å². The van der Waals surface area contributed by atoms with Crippen molar-refractivity contribution in [1.29, 1.82) is 0 Å². The molecule has 0 spiro atoms. The Morgan fingerprint density at radius 2 is 2.28 bits per heavy atom. The Bertz CT molecular complexity index is 566. The van der Waals surface area contributed by atoms with Gasteiger partial charge in [0.15, 0.2) is 0 Å². The molecule has 1 unspecified atom stereocenters. The van der Waals surface area contributed by atoms with Crippen molar-refractivity contribution in [3.8, 4) is 5.75 Å². The van der Waals surface area contributed by atoms with E-state index in [0.29, 0.717) is 6.54 Å². The van der Waals surface area contributed by atoms with Crippen LogP contribution in [0.2, 0.25) is 0 Å². The normalized spacial score (nSPS) is 17.2. The first-order valence-electron chi connectivity index (χ1n) is 5.73. The molecule has 0 saturated heterocycles. The summed E-state index contributed by atoms with van der Waals surface area (Å²) in [7, 11) is 0. The number of hydrogen-bond donors (Lipinski definition) is 1. The number of carboxylic acids is 1. The lowest BCUT2D eigenvalue weighted by Gasteiger charge is -2.11. The number of aromatic nitrogens is 2. The summed E-state index contributed by atoms with van der Waals surface area (Å²) in [5.41, 5.74) is 1.35. The van der Waals surface area contributed by atoms with Crippen LogP contribution in [0.4, 0.5) is 0 Å². The van der Waals surface area contributed by atoms with Crippen molar-refractivity contribution in [1.82, 2.24) is 9.78 Å². The topological polar surface area (TPSA) is 64.3 Å². The lowest BCUT2D eigenvalue weighted by molar-refractivity contribution is 0.0679. The summed E-state index contributed by atoms with van der Waals surface area (Å²) < 4.78 is 7.23. The maximum absolute atomic E-state index is 11.0. The molecule has 1 N–H and O–H groups in total. The van der Waals surface area contributed by atoms with E-state index in [1.807, 2.05) is 24.3 Å². The van der Waals surface area contributed by atoms with Crippen LogP contribution in [0.3, 0.4) is 0 Å². The van der Waals surface area contributed by atoms with Gasteiger partial charge in [0.25, 0.3) is 0 Å². The fraction of sp³-hybridized carbons (Fsp3) is 0.231. The van der Waals surface area contributed by atoms with E-state index in [1.54, 1.807) is 0 Å². The van der Waals surface area contributed by atoms with Gasteiger partial charge in [-0.2, -0.15) is 5.10 Å². The van der Waals surface area contributed by atoms with Gasteiger partial charge in [0.05, 0.1) is 6.54 Å². The van der Waals surface area contributed by atoms with Gasteiger partial charge in [0.2, 0.25) is 0 Å². The first kappa shape index (κ1) is 10.8. The molecule has 1 aliphatic heterocycles. The predicted molar refractivity (Wildman–Crippen MR) is 63.7 cm³/mol. The molecule has 0 radical (unpaired) electrons. The number of carboxylic acid groups (broad SMARTS) is 1. The standard InChI is InChI=1S/C13H12N2O3/c16-13(17)11-5-6-14-15(11)8-10-7-9-3-1-2-4-12(9)18-10/h1-6,10H,7-8H2,(H,16,17). The first-order chi connectivity index (χ1) is 8.74. The van der Waals surface area contributed by atoms with Gasteiger partial charge in [-0.15, -0.1) is 0 Å². The molecule has 0 aliphatic carbocycles. The summed E-state index contributed by atoms with van der Waals surface area (Å²) in [5, 5.41) is 13.0. The maximum Gasteiger partial charge on any atom is 0.354 e. The fourth-order valence-corrected chi connectivity index (χ4v) is 2.21. The molecule has 1 atom stereocenters. The molecule has 18 heavy (non-hydrogen) atoms. The molecule has 0 saturated carbocycles. The largest absolute Gasteiger partial charge is 0.488 e. The fourth-order valence-electron chi connectivity index (χ4n) is 2.21. The van der Waals surface area contributed by atoms with Crippen LogP contribution in [0, 0.1) is 0 Å². The smallest absolute Gasteiger partial charge is 0.354 e. The number of aromatic carboxylic acids is 1. The Morgan fingerprint density at radius 1 is 1.44 bits per heavy atom. The number of rotatable bonds is 3. The van der Waals surface area contributed by atoms with Crippen LogP contribution in [0.5, 0.6) is 5.75 Å². The highest BCUT2D eigenvalue weighted by atomic mass is 16.5. The molecule has 5 heteroatoms. The van der Waals surface area contributed by atoms with Gasteiger partial charge in [-0.1, -0.05) is 18.2 Å². The highest BCUT2D eigenvalue weighted by Gasteiger charge is 2.24. The highest BCUT2D eigenvalue weighted by molar-refractivity contribution is 5.85. The summed E-state index contributed by atoms with van der Waals surface area (Å²) in [5.74, 6) is -0.0884. The monoisotopic (exact) mass is 244 g/mol.